The monoisotopic (exact) mass is 427 g/mol. The lowest BCUT2D eigenvalue weighted by Crippen LogP contribution is -2.23. The van der Waals surface area contributed by atoms with Gasteiger partial charge in [0.05, 0.1) is 23.4 Å². The van der Waals surface area contributed by atoms with Gasteiger partial charge in [-0.15, -0.1) is 0 Å². The van der Waals surface area contributed by atoms with E-state index in [-0.39, 0.29) is 23.1 Å². The van der Waals surface area contributed by atoms with Gasteiger partial charge in [-0.1, -0.05) is 18.2 Å². The first-order chi connectivity index (χ1) is 14.5. The fourth-order valence-electron chi connectivity index (χ4n) is 3.43. The van der Waals surface area contributed by atoms with Crippen LogP contribution in [0.4, 0.5) is 0 Å². The minimum atomic E-state index is -3.78. The molecule has 0 spiro atoms. The molecule has 0 saturated carbocycles. The van der Waals surface area contributed by atoms with Crippen LogP contribution < -0.4 is 10.1 Å². The van der Waals surface area contributed by atoms with E-state index in [0.717, 1.165) is 6.42 Å². The summed E-state index contributed by atoms with van der Waals surface area (Å²) in [4.78, 5) is 15.0. The number of nitrogens with one attached hydrogen (secondary N) is 2. The van der Waals surface area contributed by atoms with E-state index in [9.17, 15) is 13.2 Å². The van der Waals surface area contributed by atoms with Crippen molar-refractivity contribution in [2.75, 3.05) is 0 Å². The molecule has 8 nitrogen and oxygen atoms in total. The molecule has 4 rings (SSSR count). The molecule has 3 aromatic rings. The Hall–Kier alpha value is -3.33. The summed E-state index contributed by atoms with van der Waals surface area (Å²) in [6.45, 7) is 2.02. The first-order valence-electron chi connectivity index (χ1n) is 9.52. The number of benzene rings is 1. The van der Waals surface area contributed by atoms with Crippen LogP contribution in [0.2, 0.25) is 0 Å². The van der Waals surface area contributed by atoms with Crippen molar-refractivity contribution in [1.82, 2.24) is 10.1 Å². The number of rotatable bonds is 6. The number of amides is 1. The van der Waals surface area contributed by atoms with Crippen LogP contribution in [0.25, 0.3) is 0 Å². The summed E-state index contributed by atoms with van der Waals surface area (Å²) in [5.74, 6) is 1.11. The minimum Gasteiger partial charge on any atom is -0.467 e. The van der Waals surface area contributed by atoms with E-state index in [1.807, 2.05) is 0 Å². The van der Waals surface area contributed by atoms with E-state index in [2.05, 4.69) is 15.2 Å². The quantitative estimate of drug-likeness (QED) is 0.587. The zero-order valence-corrected chi connectivity index (χ0v) is 17.2. The second kappa shape index (κ2) is 8.19. The Balaban J connectivity index is 1.56. The van der Waals surface area contributed by atoms with E-state index in [1.54, 1.807) is 37.3 Å². The van der Waals surface area contributed by atoms with Gasteiger partial charge in [0.15, 0.2) is 5.76 Å². The van der Waals surface area contributed by atoms with Crippen molar-refractivity contribution in [2.24, 2.45) is 5.10 Å². The van der Waals surface area contributed by atoms with Crippen molar-refractivity contribution in [3.05, 3.63) is 77.1 Å². The van der Waals surface area contributed by atoms with Gasteiger partial charge in [0.1, 0.15) is 11.5 Å². The zero-order valence-electron chi connectivity index (χ0n) is 16.3. The van der Waals surface area contributed by atoms with Crippen LogP contribution in [-0.4, -0.2) is 20.0 Å². The number of sulfonamides is 1. The molecule has 0 saturated heterocycles. The molecule has 0 unspecified atom stereocenters. The van der Waals surface area contributed by atoms with E-state index >= 15 is 0 Å². The third-order valence-electron chi connectivity index (χ3n) is 4.89. The smallest absolute Gasteiger partial charge is 0.287 e. The summed E-state index contributed by atoms with van der Waals surface area (Å²) < 4.78 is 36.0. The Morgan fingerprint density at radius 1 is 1.13 bits per heavy atom. The van der Waals surface area contributed by atoms with E-state index < -0.39 is 10.0 Å². The topological polar surface area (TPSA) is 114 Å². The molecule has 1 aliphatic carbocycles. The molecule has 2 aromatic heterocycles. The second-order valence-electron chi connectivity index (χ2n) is 6.94. The number of hydrazone groups is 1. The second-order valence-corrected chi connectivity index (χ2v) is 8.60. The highest BCUT2D eigenvalue weighted by atomic mass is 32.2. The minimum absolute atomic E-state index is 0.132. The Morgan fingerprint density at radius 3 is 2.67 bits per heavy atom. The molecule has 0 radical (unpaired) electrons. The summed E-state index contributed by atoms with van der Waals surface area (Å²) in [6.07, 6.45) is 3.53. The highest BCUT2D eigenvalue weighted by molar-refractivity contribution is 7.89. The van der Waals surface area contributed by atoms with Gasteiger partial charge in [0.25, 0.3) is 15.9 Å². The van der Waals surface area contributed by atoms with E-state index in [0.29, 0.717) is 41.2 Å². The van der Waals surface area contributed by atoms with Gasteiger partial charge >= 0.3 is 0 Å². The number of carbonyl (C=O) groups excluding carboxylic acids is 1. The number of hydrogen-bond acceptors (Lipinski definition) is 6. The maximum atomic E-state index is 12.6. The highest BCUT2D eigenvalue weighted by Gasteiger charge is 2.28. The predicted octanol–water partition coefficient (Wildman–Crippen LogP) is 3.13. The van der Waals surface area contributed by atoms with Gasteiger partial charge in [0.2, 0.25) is 0 Å². The van der Waals surface area contributed by atoms with Crippen molar-refractivity contribution in [3.8, 4) is 0 Å². The molecule has 0 bridgehead atoms. The first kappa shape index (κ1) is 20.0. The average molecular weight is 427 g/mol. The fourth-order valence-corrected chi connectivity index (χ4v) is 4.28. The fraction of sp³-hybridized carbons (Fsp3) is 0.238. The molecule has 0 aliphatic heterocycles. The molecular weight excluding hydrogens is 406 g/mol. The average Bonchev–Trinajstić information content (AvgIpc) is 3.39. The maximum Gasteiger partial charge on any atom is 0.287 e. The summed E-state index contributed by atoms with van der Waals surface area (Å²) in [5.41, 5.74) is 1.89. The SMILES string of the molecule is Cc1c(C(=O)NCc2ccco2)oc2c1/C(=N/NS(=O)(=O)c1ccccc1)CCC2. The number of fused-ring (bicyclic) bond motifs is 1. The van der Waals surface area contributed by atoms with Gasteiger partial charge in [-0.25, -0.2) is 0 Å². The van der Waals surface area contributed by atoms with Gasteiger partial charge in [0, 0.05) is 17.5 Å². The van der Waals surface area contributed by atoms with Crippen LogP contribution in [0, 0.1) is 6.92 Å². The van der Waals surface area contributed by atoms with Crippen molar-refractivity contribution < 1.29 is 22.0 Å². The van der Waals surface area contributed by atoms with Crippen LogP contribution in [0.1, 0.15) is 46.0 Å². The molecule has 1 aromatic carbocycles. The Morgan fingerprint density at radius 2 is 1.93 bits per heavy atom. The van der Waals surface area contributed by atoms with Gasteiger partial charge in [-0.05, 0) is 44.0 Å². The number of carbonyl (C=O) groups is 1. The van der Waals surface area contributed by atoms with Crippen LogP contribution in [0.3, 0.4) is 0 Å². The lowest BCUT2D eigenvalue weighted by Gasteiger charge is -2.14. The molecule has 2 heterocycles. The van der Waals surface area contributed by atoms with Gasteiger partial charge in [-0.3, -0.25) is 4.79 Å². The summed E-state index contributed by atoms with van der Waals surface area (Å²) >= 11 is 0. The Kier molecular flexibility index (Phi) is 5.45. The van der Waals surface area contributed by atoms with E-state index in [1.165, 1.54) is 18.4 Å². The molecule has 30 heavy (non-hydrogen) atoms. The number of nitrogens with zero attached hydrogens (tertiary/aromatic N) is 1. The molecule has 156 valence electrons. The summed E-state index contributed by atoms with van der Waals surface area (Å²) in [5, 5.41) is 6.93. The molecule has 0 fully saturated rings. The van der Waals surface area contributed by atoms with Crippen molar-refractivity contribution >= 4 is 21.6 Å². The number of aryl methyl sites for hydroxylation is 1. The van der Waals surface area contributed by atoms with Crippen LogP contribution in [-0.2, 0) is 23.0 Å². The van der Waals surface area contributed by atoms with Crippen LogP contribution in [0.5, 0.6) is 0 Å². The molecule has 1 aliphatic rings. The first-order valence-corrected chi connectivity index (χ1v) is 11.0. The Labute approximate surface area is 174 Å². The van der Waals surface area contributed by atoms with Crippen LogP contribution in [0.15, 0.2) is 67.6 Å². The molecule has 1 amide bonds. The third-order valence-corrected chi connectivity index (χ3v) is 6.11. The summed E-state index contributed by atoms with van der Waals surface area (Å²) in [6, 6.07) is 11.5. The van der Waals surface area contributed by atoms with E-state index in [4.69, 9.17) is 8.83 Å². The number of hydrogen-bond donors (Lipinski definition) is 2. The molecular formula is C21H21N3O5S. The zero-order chi connectivity index (χ0) is 21.1. The molecule has 0 atom stereocenters. The standard InChI is InChI=1S/C21H21N3O5S/c1-14-19-17(23-24-30(26,27)16-8-3-2-4-9-16)10-5-11-18(19)29-20(14)21(25)22-13-15-7-6-12-28-15/h2-4,6-9,12,24H,5,10-11,13H2,1H3,(H,22,25)/b23-17+. The van der Waals surface area contributed by atoms with Gasteiger partial charge < -0.3 is 14.2 Å². The Bertz CT molecular complexity index is 1180. The lowest BCUT2D eigenvalue weighted by molar-refractivity contribution is 0.0917. The normalized spacial score (nSPS) is 15.0. The highest BCUT2D eigenvalue weighted by Crippen LogP contribution is 2.30. The maximum absolute atomic E-state index is 12.6. The van der Waals surface area contributed by atoms with Crippen molar-refractivity contribution in [2.45, 2.75) is 37.6 Å². The predicted molar refractivity (Wildman–Crippen MR) is 110 cm³/mol. The van der Waals surface area contributed by atoms with Crippen LogP contribution >= 0.6 is 0 Å². The van der Waals surface area contributed by atoms with Crippen molar-refractivity contribution in [1.29, 1.82) is 0 Å². The van der Waals surface area contributed by atoms with Gasteiger partial charge in [-0.2, -0.15) is 18.4 Å². The number of furan rings is 2. The van der Waals surface area contributed by atoms with Crippen molar-refractivity contribution in [3.63, 3.8) is 0 Å². The third kappa shape index (κ3) is 4.02. The summed E-state index contributed by atoms with van der Waals surface area (Å²) in [7, 11) is -3.78. The molecule has 2 N–H and O–H groups in total. The lowest BCUT2D eigenvalue weighted by atomic mass is 9.93. The largest absolute Gasteiger partial charge is 0.467 e. The molecule has 9 heteroatoms.